The largest absolute Gasteiger partial charge is 0.465 e. The molecule has 0 heterocycles. The van der Waals surface area contributed by atoms with Crippen molar-refractivity contribution in [2.24, 2.45) is 0 Å². The van der Waals surface area contributed by atoms with Gasteiger partial charge in [-0.05, 0) is 24.6 Å². The van der Waals surface area contributed by atoms with Crippen LogP contribution in [0.2, 0.25) is 0 Å². The maximum atomic E-state index is 10.1. The Hall–Kier alpha value is -2.22. The van der Waals surface area contributed by atoms with E-state index in [1.165, 1.54) is 0 Å². The maximum Gasteiger partial charge on any atom is 0.404 e. The predicted molar refractivity (Wildman–Crippen MR) is 60.3 cm³/mol. The second-order valence-corrected chi connectivity index (χ2v) is 3.20. The Morgan fingerprint density at radius 2 is 2.25 bits per heavy atom. The molecule has 0 unspecified atom stereocenters. The van der Waals surface area contributed by atoms with Crippen molar-refractivity contribution >= 4 is 11.8 Å². The molecule has 1 aromatic rings. The average Bonchev–Trinajstić information content (AvgIpc) is 2.28. The minimum absolute atomic E-state index is 0.417. The lowest BCUT2D eigenvalue weighted by molar-refractivity contribution is 0.194. The first kappa shape index (κ1) is 11.9. The van der Waals surface area contributed by atoms with Crippen molar-refractivity contribution < 1.29 is 9.90 Å². The molecular formula is C11H13N3O2. The van der Waals surface area contributed by atoms with E-state index in [9.17, 15) is 4.79 Å². The van der Waals surface area contributed by atoms with E-state index in [4.69, 9.17) is 10.4 Å². The Labute approximate surface area is 93.7 Å². The Balaban J connectivity index is 2.27. The molecule has 0 aliphatic heterocycles. The first-order chi connectivity index (χ1) is 7.72. The average molecular weight is 219 g/mol. The number of benzene rings is 1. The Kier molecular flexibility index (Phi) is 4.67. The minimum Gasteiger partial charge on any atom is -0.465 e. The Morgan fingerprint density at radius 1 is 1.44 bits per heavy atom. The van der Waals surface area contributed by atoms with Crippen LogP contribution in [0.3, 0.4) is 0 Å². The van der Waals surface area contributed by atoms with Crippen LogP contribution < -0.4 is 10.6 Å². The van der Waals surface area contributed by atoms with Gasteiger partial charge in [0.1, 0.15) is 0 Å². The van der Waals surface area contributed by atoms with Gasteiger partial charge in [0.25, 0.3) is 0 Å². The van der Waals surface area contributed by atoms with E-state index in [0.717, 1.165) is 5.69 Å². The van der Waals surface area contributed by atoms with Crippen molar-refractivity contribution in [3.05, 3.63) is 29.8 Å². The summed E-state index contributed by atoms with van der Waals surface area (Å²) >= 11 is 0. The van der Waals surface area contributed by atoms with E-state index in [1.54, 1.807) is 18.2 Å². The van der Waals surface area contributed by atoms with Gasteiger partial charge < -0.3 is 15.7 Å². The van der Waals surface area contributed by atoms with Crippen molar-refractivity contribution in [2.75, 3.05) is 18.4 Å². The third-order valence-electron chi connectivity index (χ3n) is 1.95. The summed E-state index contributed by atoms with van der Waals surface area (Å²) in [5.74, 6) is 0. The lowest BCUT2D eigenvalue weighted by Crippen LogP contribution is -2.23. The van der Waals surface area contributed by atoms with Crippen LogP contribution in [0.15, 0.2) is 24.3 Å². The van der Waals surface area contributed by atoms with E-state index < -0.39 is 6.09 Å². The molecule has 0 saturated heterocycles. The summed E-state index contributed by atoms with van der Waals surface area (Å²) in [5, 5.41) is 22.4. The summed E-state index contributed by atoms with van der Waals surface area (Å²) in [6.45, 7) is 1.08. The van der Waals surface area contributed by atoms with Crippen LogP contribution in [-0.4, -0.2) is 24.3 Å². The van der Waals surface area contributed by atoms with Crippen molar-refractivity contribution in [1.82, 2.24) is 5.32 Å². The zero-order valence-corrected chi connectivity index (χ0v) is 8.73. The highest BCUT2D eigenvalue weighted by atomic mass is 16.4. The number of nitrogens with one attached hydrogen (secondary N) is 2. The molecule has 0 aromatic heterocycles. The van der Waals surface area contributed by atoms with E-state index in [1.807, 2.05) is 6.07 Å². The molecule has 0 fully saturated rings. The van der Waals surface area contributed by atoms with Crippen molar-refractivity contribution in [2.45, 2.75) is 6.42 Å². The van der Waals surface area contributed by atoms with Crippen LogP contribution in [0.25, 0.3) is 0 Å². The van der Waals surface area contributed by atoms with Gasteiger partial charge in [-0.15, -0.1) is 0 Å². The molecule has 3 N–H and O–H groups in total. The number of rotatable bonds is 5. The summed E-state index contributed by atoms with van der Waals surface area (Å²) < 4.78 is 0. The fraction of sp³-hybridized carbons (Fsp3) is 0.273. The molecule has 0 atom stereocenters. The predicted octanol–water partition coefficient (Wildman–Crippen LogP) is 1.63. The summed E-state index contributed by atoms with van der Waals surface area (Å²) in [5.41, 5.74) is 1.48. The van der Waals surface area contributed by atoms with Gasteiger partial charge >= 0.3 is 6.09 Å². The van der Waals surface area contributed by atoms with Gasteiger partial charge in [-0.2, -0.15) is 5.26 Å². The molecule has 0 aliphatic rings. The molecule has 5 nitrogen and oxygen atoms in total. The summed E-state index contributed by atoms with van der Waals surface area (Å²) in [6, 6.07) is 9.21. The van der Waals surface area contributed by atoms with Gasteiger partial charge in [-0.3, -0.25) is 0 Å². The monoisotopic (exact) mass is 219 g/mol. The summed E-state index contributed by atoms with van der Waals surface area (Å²) in [4.78, 5) is 10.1. The van der Waals surface area contributed by atoms with Crippen molar-refractivity contribution in [3.8, 4) is 6.07 Å². The zero-order chi connectivity index (χ0) is 11.8. The highest BCUT2D eigenvalue weighted by molar-refractivity contribution is 5.64. The highest BCUT2D eigenvalue weighted by Gasteiger charge is 1.95. The Morgan fingerprint density at radius 3 is 2.94 bits per heavy atom. The number of nitrogens with zero attached hydrogens (tertiary/aromatic N) is 1. The van der Waals surface area contributed by atoms with Crippen LogP contribution in [0.1, 0.15) is 12.0 Å². The molecule has 0 saturated carbocycles. The van der Waals surface area contributed by atoms with Crippen LogP contribution in [0, 0.1) is 11.3 Å². The molecular weight excluding hydrogens is 206 g/mol. The van der Waals surface area contributed by atoms with E-state index in [0.29, 0.717) is 25.1 Å². The van der Waals surface area contributed by atoms with E-state index >= 15 is 0 Å². The van der Waals surface area contributed by atoms with Crippen LogP contribution >= 0.6 is 0 Å². The van der Waals surface area contributed by atoms with Gasteiger partial charge in [0.15, 0.2) is 0 Å². The number of anilines is 1. The Bertz CT molecular complexity index is 398. The molecule has 1 aromatic carbocycles. The molecule has 16 heavy (non-hydrogen) atoms. The standard InChI is InChI=1S/C11H13N3O2/c12-8-9-3-1-4-10(7-9)13-5-2-6-14-11(15)16/h1,3-4,7,13-14H,2,5-6H2,(H,15,16). The number of hydrogen-bond acceptors (Lipinski definition) is 3. The van der Waals surface area contributed by atoms with E-state index in [-0.39, 0.29) is 0 Å². The lowest BCUT2D eigenvalue weighted by Gasteiger charge is -2.06. The van der Waals surface area contributed by atoms with Gasteiger partial charge in [0, 0.05) is 18.8 Å². The zero-order valence-electron chi connectivity index (χ0n) is 8.73. The second-order valence-electron chi connectivity index (χ2n) is 3.20. The molecule has 84 valence electrons. The highest BCUT2D eigenvalue weighted by Crippen LogP contribution is 2.09. The lowest BCUT2D eigenvalue weighted by atomic mass is 10.2. The van der Waals surface area contributed by atoms with E-state index in [2.05, 4.69) is 16.7 Å². The quantitative estimate of drug-likeness (QED) is 0.657. The number of nitriles is 1. The number of carboxylic acid groups (broad SMARTS) is 1. The molecule has 0 radical (unpaired) electrons. The van der Waals surface area contributed by atoms with Gasteiger partial charge in [-0.25, -0.2) is 4.79 Å². The topological polar surface area (TPSA) is 85.2 Å². The van der Waals surface area contributed by atoms with Crippen LogP contribution in [0.4, 0.5) is 10.5 Å². The minimum atomic E-state index is -1.01. The fourth-order valence-electron chi connectivity index (χ4n) is 1.22. The van der Waals surface area contributed by atoms with Gasteiger partial charge in [-0.1, -0.05) is 6.07 Å². The summed E-state index contributed by atoms with van der Waals surface area (Å²) in [6.07, 6.45) is -0.310. The summed E-state index contributed by atoms with van der Waals surface area (Å²) in [7, 11) is 0. The molecule has 0 spiro atoms. The number of hydrogen-bond donors (Lipinski definition) is 3. The number of amides is 1. The first-order valence-corrected chi connectivity index (χ1v) is 4.93. The molecule has 1 rings (SSSR count). The molecule has 0 aliphatic carbocycles. The van der Waals surface area contributed by atoms with Crippen molar-refractivity contribution in [3.63, 3.8) is 0 Å². The van der Waals surface area contributed by atoms with Crippen LogP contribution in [-0.2, 0) is 0 Å². The van der Waals surface area contributed by atoms with Crippen molar-refractivity contribution in [1.29, 1.82) is 5.26 Å². The smallest absolute Gasteiger partial charge is 0.404 e. The number of carbonyl (C=O) groups is 1. The van der Waals surface area contributed by atoms with Gasteiger partial charge in [0.05, 0.1) is 11.6 Å². The third kappa shape index (κ3) is 4.33. The maximum absolute atomic E-state index is 10.1. The second kappa shape index (κ2) is 6.30. The normalized spacial score (nSPS) is 9.19. The first-order valence-electron chi connectivity index (χ1n) is 4.93. The SMILES string of the molecule is N#Cc1cccc(NCCCNC(=O)O)c1. The molecule has 0 bridgehead atoms. The molecule has 1 amide bonds. The van der Waals surface area contributed by atoms with Crippen LogP contribution in [0.5, 0.6) is 0 Å². The van der Waals surface area contributed by atoms with Gasteiger partial charge in [0.2, 0.25) is 0 Å². The molecule has 5 heteroatoms. The third-order valence-corrected chi connectivity index (χ3v) is 1.95. The fourth-order valence-corrected chi connectivity index (χ4v) is 1.22.